The average Bonchev–Trinajstić information content (AvgIpc) is 2.64. The molecule has 3 heterocycles. The molecule has 2 bridgehead atoms. The SMILES string of the molecule is C[C@@]1(n2ccc(N)nc2=O)O[C@@]2(O)CO[C@@H]1[C@@H]2O. The lowest BCUT2D eigenvalue weighted by Crippen LogP contribution is -2.51. The highest BCUT2D eigenvalue weighted by atomic mass is 16.7. The number of nitrogen functional groups attached to an aromatic ring is 1. The molecule has 0 spiro atoms. The minimum Gasteiger partial charge on any atom is -0.384 e. The monoisotopic (exact) mass is 255 g/mol. The summed E-state index contributed by atoms with van der Waals surface area (Å²) in [6.07, 6.45) is -0.664. The van der Waals surface area contributed by atoms with Crippen molar-refractivity contribution in [2.24, 2.45) is 0 Å². The molecule has 2 aliphatic heterocycles. The molecule has 18 heavy (non-hydrogen) atoms. The number of fused-ring (bicyclic) bond motifs is 2. The number of hydrogen-bond donors (Lipinski definition) is 3. The summed E-state index contributed by atoms with van der Waals surface area (Å²) in [6.45, 7) is 1.41. The summed E-state index contributed by atoms with van der Waals surface area (Å²) in [5.41, 5.74) is 3.45. The predicted octanol–water partition coefficient (Wildman–Crippen LogP) is -2.02. The Morgan fingerprint density at radius 3 is 2.89 bits per heavy atom. The van der Waals surface area contributed by atoms with Gasteiger partial charge in [0.2, 0.25) is 5.79 Å². The smallest absolute Gasteiger partial charge is 0.351 e. The number of anilines is 1. The Hall–Kier alpha value is -1.48. The van der Waals surface area contributed by atoms with Crippen LogP contribution in [0.5, 0.6) is 0 Å². The van der Waals surface area contributed by atoms with Crippen molar-refractivity contribution < 1.29 is 19.7 Å². The molecule has 2 aliphatic rings. The van der Waals surface area contributed by atoms with Crippen LogP contribution in [0.25, 0.3) is 0 Å². The van der Waals surface area contributed by atoms with Gasteiger partial charge in [0.25, 0.3) is 0 Å². The molecule has 3 rings (SSSR count). The fraction of sp³-hybridized carbons (Fsp3) is 0.600. The number of nitrogens with two attached hydrogens (primary N) is 1. The molecule has 0 aliphatic carbocycles. The number of ether oxygens (including phenoxy) is 2. The molecule has 98 valence electrons. The van der Waals surface area contributed by atoms with E-state index in [9.17, 15) is 15.0 Å². The molecule has 2 fully saturated rings. The molecular formula is C10H13N3O5. The van der Waals surface area contributed by atoms with Gasteiger partial charge in [0, 0.05) is 6.20 Å². The van der Waals surface area contributed by atoms with Gasteiger partial charge in [-0.15, -0.1) is 0 Å². The van der Waals surface area contributed by atoms with Crippen LogP contribution < -0.4 is 11.4 Å². The molecular weight excluding hydrogens is 242 g/mol. The van der Waals surface area contributed by atoms with E-state index < -0.39 is 29.4 Å². The minimum atomic E-state index is -1.79. The van der Waals surface area contributed by atoms with E-state index in [1.165, 1.54) is 19.2 Å². The highest BCUT2D eigenvalue weighted by Crippen LogP contribution is 2.46. The second-order valence-corrected chi connectivity index (χ2v) is 4.68. The summed E-state index contributed by atoms with van der Waals surface area (Å²) in [5.74, 6) is -1.71. The predicted molar refractivity (Wildman–Crippen MR) is 58.3 cm³/mol. The zero-order valence-electron chi connectivity index (χ0n) is 9.61. The van der Waals surface area contributed by atoms with Crippen LogP contribution in [0.3, 0.4) is 0 Å². The number of nitrogens with zero attached hydrogens (tertiary/aromatic N) is 2. The molecule has 2 saturated heterocycles. The van der Waals surface area contributed by atoms with Crippen LogP contribution in [0.2, 0.25) is 0 Å². The lowest BCUT2D eigenvalue weighted by molar-refractivity contribution is -0.307. The second kappa shape index (κ2) is 3.29. The largest absolute Gasteiger partial charge is 0.384 e. The number of aromatic nitrogens is 2. The van der Waals surface area contributed by atoms with Crippen molar-refractivity contribution in [1.82, 2.24) is 9.55 Å². The first kappa shape index (κ1) is 11.6. The lowest BCUT2D eigenvalue weighted by Gasteiger charge is -2.36. The van der Waals surface area contributed by atoms with Gasteiger partial charge in [-0.25, -0.2) is 4.79 Å². The molecule has 0 unspecified atom stereocenters. The molecule has 8 nitrogen and oxygen atoms in total. The lowest BCUT2D eigenvalue weighted by atomic mass is 10.1. The van der Waals surface area contributed by atoms with E-state index in [4.69, 9.17) is 15.2 Å². The van der Waals surface area contributed by atoms with Gasteiger partial charge in [-0.05, 0) is 13.0 Å². The topological polar surface area (TPSA) is 120 Å². The molecule has 1 aromatic heterocycles. The standard InChI is InChI=1S/C10H13N3O5/c1-9(13-3-2-5(11)12-8(13)15)7-6(14)10(16,18-9)4-17-7/h2-3,6-7,14,16H,4H2,1H3,(H2,11,12,15)/t6-,7+,9+,10-/m0/s1. The van der Waals surface area contributed by atoms with Gasteiger partial charge in [0.1, 0.15) is 24.6 Å². The maximum atomic E-state index is 11.8. The van der Waals surface area contributed by atoms with E-state index >= 15 is 0 Å². The minimum absolute atomic E-state index is 0.0863. The normalized spacial score (nSPS) is 42.4. The van der Waals surface area contributed by atoms with Crippen LogP contribution in [-0.2, 0) is 15.2 Å². The summed E-state index contributed by atoms with van der Waals surface area (Å²) in [4.78, 5) is 15.4. The Balaban J connectivity index is 2.10. The van der Waals surface area contributed by atoms with Crippen molar-refractivity contribution in [1.29, 1.82) is 0 Å². The summed E-state index contributed by atoms with van der Waals surface area (Å²) >= 11 is 0. The van der Waals surface area contributed by atoms with E-state index in [0.29, 0.717) is 0 Å². The van der Waals surface area contributed by atoms with Crippen molar-refractivity contribution in [3.8, 4) is 0 Å². The highest BCUT2D eigenvalue weighted by Gasteiger charge is 2.67. The van der Waals surface area contributed by atoms with Crippen molar-refractivity contribution >= 4 is 5.82 Å². The number of rotatable bonds is 1. The summed E-state index contributed by atoms with van der Waals surface area (Å²) in [6, 6.07) is 1.43. The number of aliphatic hydroxyl groups is 2. The molecule has 0 saturated carbocycles. The molecule has 4 N–H and O–H groups in total. The summed E-state index contributed by atoms with van der Waals surface area (Å²) in [7, 11) is 0. The van der Waals surface area contributed by atoms with Crippen LogP contribution in [0, 0.1) is 0 Å². The Bertz CT molecular complexity index is 561. The van der Waals surface area contributed by atoms with Crippen LogP contribution >= 0.6 is 0 Å². The van der Waals surface area contributed by atoms with Crippen molar-refractivity contribution in [2.45, 2.75) is 30.6 Å². The quantitative estimate of drug-likeness (QED) is 0.529. The van der Waals surface area contributed by atoms with Gasteiger partial charge in [-0.3, -0.25) is 4.57 Å². The van der Waals surface area contributed by atoms with Crippen LogP contribution in [0.4, 0.5) is 5.82 Å². The van der Waals surface area contributed by atoms with Crippen LogP contribution in [0.1, 0.15) is 6.92 Å². The van der Waals surface area contributed by atoms with Crippen LogP contribution in [0.15, 0.2) is 17.1 Å². The fourth-order valence-corrected chi connectivity index (χ4v) is 2.52. The molecule has 8 heteroatoms. The van der Waals surface area contributed by atoms with E-state index in [2.05, 4.69) is 4.98 Å². The molecule has 1 aromatic rings. The van der Waals surface area contributed by atoms with Crippen molar-refractivity contribution in [3.05, 3.63) is 22.7 Å². The first-order valence-electron chi connectivity index (χ1n) is 5.45. The summed E-state index contributed by atoms with van der Waals surface area (Å²) < 4.78 is 11.8. The molecule has 4 atom stereocenters. The first-order valence-corrected chi connectivity index (χ1v) is 5.45. The van der Waals surface area contributed by atoms with E-state index in [-0.39, 0.29) is 12.4 Å². The third kappa shape index (κ3) is 1.28. The van der Waals surface area contributed by atoms with E-state index in [1.807, 2.05) is 0 Å². The van der Waals surface area contributed by atoms with Gasteiger partial charge >= 0.3 is 5.69 Å². The molecule has 0 aromatic carbocycles. The zero-order valence-corrected chi connectivity index (χ0v) is 9.61. The Morgan fingerprint density at radius 2 is 2.39 bits per heavy atom. The van der Waals surface area contributed by atoms with Crippen molar-refractivity contribution in [2.75, 3.05) is 12.3 Å². The first-order chi connectivity index (χ1) is 8.37. The zero-order chi connectivity index (χ0) is 13.1. The Morgan fingerprint density at radius 1 is 1.67 bits per heavy atom. The third-order valence-electron chi connectivity index (χ3n) is 3.43. The van der Waals surface area contributed by atoms with E-state index in [0.717, 1.165) is 4.57 Å². The second-order valence-electron chi connectivity index (χ2n) is 4.68. The molecule has 0 amide bonds. The average molecular weight is 255 g/mol. The maximum Gasteiger partial charge on any atom is 0.351 e. The van der Waals surface area contributed by atoms with Crippen LogP contribution in [-0.4, -0.2) is 44.4 Å². The Labute approximate surface area is 102 Å². The van der Waals surface area contributed by atoms with Gasteiger partial charge in [0.05, 0.1) is 0 Å². The van der Waals surface area contributed by atoms with E-state index in [1.54, 1.807) is 0 Å². The third-order valence-corrected chi connectivity index (χ3v) is 3.43. The molecule has 0 radical (unpaired) electrons. The summed E-state index contributed by atoms with van der Waals surface area (Å²) in [5, 5.41) is 19.9. The fourth-order valence-electron chi connectivity index (χ4n) is 2.52. The highest BCUT2D eigenvalue weighted by molar-refractivity contribution is 5.24. The Kier molecular flexibility index (Phi) is 2.12. The van der Waals surface area contributed by atoms with Gasteiger partial charge in [-0.1, -0.05) is 0 Å². The van der Waals surface area contributed by atoms with Gasteiger partial charge in [0.15, 0.2) is 5.72 Å². The van der Waals surface area contributed by atoms with Crippen molar-refractivity contribution in [3.63, 3.8) is 0 Å². The maximum absolute atomic E-state index is 11.8. The van der Waals surface area contributed by atoms with Gasteiger partial charge in [-0.2, -0.15) is 4.98 Å². The number of hydrogen-bond acceptors (Lipinski definition) is 7. The van der Waals surface area contributed by atoms with Gasteiger partial charge < -0.3 is 25.4 Å². The number of aliphatic hydroxyl groups excluding tert-OH is 1.